The van der Waals surface area contributed by atoms with Crippen molar-refractivity contribution in [1.29, 1.82) is 0 Å². The van der Waals surface area contributed by atoms with Crippen LogP contribution in [0, 0.1) is 5.41 Å². The zero-order valence-electron chi connectivity index (χ0n) is 14.1. The van der Waals surface area contributed by atoms with E-state index < -0.39 is 0 Å². The lowest BCUT2D eigenvalue weighted by Gasteiger charge is -2.18. The van der Waals surface area contributed by atoms with Gasteiger partial charge in [0.1, 0.15) is 0 Å². The average molecular weight is 414 g/mol. The van der Waals surface area contributed by atoms with Crippen LogP contribution in [0.4, 0.5) is 0 Å². The van der Waals surface area contributed by atoms with Crippen LogP contribution >= 0.6 is 24.0 Å². The molecule has 0 saturated heterocycles. The van der Waals surface area contributed by atoms with Gasteiger partial charge in [0.25, 0.3) is 0 Å². The first-order valence-corrected chi connectivity index (χ1v) is 7.13. The molecule has 0 aromatic rings. The Morgan fingerprint density at radius 2 is 1.90 bits per heavy atom. The topological polar surface area (TPSA) is 74.8 Å². The Morgan fingerprint density at radius 1 is 1.29 bits per heavy atom. The standard InChI is InChI=1S/C14H30N4O2.HI/c1-7-15-13(18-11(2)10-20-6)17-9-8-16-12(19)14(3,4)5;/h11H,7-10H2,1-6H3,(H,16,19)(H2,15,17,18);1H. The predicted molar refractivity (Wildman–Crippen MR) is 98.3 cm³/mol. The number of guanidine groups is 1. The number of hydrogen-bond donors (Lipinski definition) is 3. The summed E-state index contributed by atoms with van der Waals surface area (Å²) in [5, 5.41) is 9.27. The SMILES string of the molecule is CCNC(=NCCNC(=O)C(C)(C)C)NC(C)COC.I. The van der Waals surface area contributed by atoms with E-state index in [0.717, 1.165) is 12.5 Å². The first kappa shape index (κ1) is 22.7. The molecule has 0 aromatic heterocycles. The molecule has 7 heteroatoms. The number of aliphatic imine (C=N–C) groups is 1. The zero-order chi connectivity index (χ0) is 15.6. The molecule has 0 bridgehead atoms. The molecule has 1 unspecified atom stereocenters. The minimum absolute atomic E-state index is 0. The second-order valence-corrected chi connectivity index (χ2v) is 5.77. The van der Waals surface area contributed by atoms with Gasteiger partial charge < -0.3 is 20.7 Å². The molecule has 0 aliphatic rings. The fourth-order valence-electron chi connectivity index (χ4n) is 1.45. The number of rotatable bonds is 7. The van der Waals surface area contributed by atoms with Gasteiger partial charge in [-0.1, -0.05) is 20.8 Å². The summed E-state index contributed by atoms with van der Waals surface area (Å²) in [5.41, 5.74) is -0.362. The first-order chi connectivity index (χ1) is 9.31. The molecule has 0 heterocycles. The molecule has 0 fully saturated rings. The van der Waals surface area contributed by atoms with Crippen LogP contribution in [0.5, 0.6) is 0 Å². The number of nitrogens with one attached hydrogen (secondary N) is 3. The molecule has 6 nitrogen and oxygen atoms in total. The molecule has 0 saturated carbocycles. The number of carbonyl (C=O) groups excluding carboxylic acids is 1. The summed E-state index contributed by atoms with van der Waals surface area (Å²) in [7, 11) is 1.67. The van der Waals surface area contributed by atoms with Crippen molar-refractivity contribution in [3.05, 3.63) is 0 Å². The van der Waals surface area contributed by atoms with Crippen LogP contribution in [0.1, 0.15) is 34.6 Å². The third kappa shape index (κ3) is 11.7. The number of halogens is 1. The summed E-state index contributed by atoms with van der Waals surface area (Å²) in [6, 6.07) is 0.182. The third-order valence-electron chi connectivity index (χ3n) is 2.49. The van der Waals surface area contributed by atoms with E-state index in [1.54, 1.807) is 7.11 Å². The van der Waals surface area contributed by atoms with E-state index in [4.69, 9.17) is 4.74 Å². The van der Waals surface area contributed by atoms with Crippen LogP contribution in [0.15, 0.2) is 4.99 Å². The van der Waals surface area contributed by atoms with Gasteiger partial charge in [-0.3, -0.25) is 9.79 Å². The summed E-state index contributed by atoms with van der Waals surface area (Å²) in [6.45, 7) is 12.2. The lowest BCUT2D eigenvalue weighted by molar-refractivity contribution is -0.128. The highest BCUT2D eigenvalue weighted by molar-refractivity contribution is 14.0. The number of hydrogen-bond acceptors (Lipinski definition) is 3. The van der Waals surface area contributed by atoms with Crippen molar-refractivity contribution in [1.82, 2.24) is 16.0 Å². The van der Waals surface area contributed by atoms with Crippen molar-refractivity contribution < 1.29 is 9.53 Å². The van der Waals surface area contributed by atoms with E-state index in [2.05, 4.69) is 20.9 Å². The van der Waals surface area contributed by atoms with Gasteiger partial charge in [0.15, 0.2) is 5.96 Å². The minimum Gasteiger partial charge on any atom is -0.383 e. The summed E-state index contributed by atoms with van der Waals surface area (Å²) in [4.78, 5) is 16.1. The van der Waals surface area contributed by atoms with Gasteiger partial charge in [0.05, 0.1) is 13.2 Å². The Kier molecular flexibility index (Phi) is 13.0. The van der Waals surface area contributed by atoms with Crippen LogP contribution in [-0.4, -0.2) is 51.3 Å². The maximum atomic E-state index is 11.7. The molecule has 1 amide bonds. The van der Waals surface area contributed by atoms with Crippen molar-refractivity contribution >= 4 is 35.8 Å². The first-order valence-electron chi connectivity index (χ1n) is 7.13. The molecule has 1 atom stereocenters. The Labute approximate surface area is 145 Å². The lowest BCUT2D eigenvalue weighted by atomic mass is 9.96. The van der Waals surface area contributed by atoms with Gasteiger partial charge in [-0.2, -0.15) is 0 Å². The van der Waals surface area contributed by atoms with Crippen molar-refractivity contribution in [2.24, 2.45) is 10.4 Å². The van der Waals surface area contributed by atoms with E-state index in [9.17, 15) is 4.79 Å². The van der Waals surface area contributed by atoms with Gasteiger partial charge in [-0.05, 0) is 13.8 Å². The van der Waals surface area contributed by atoms with E-state index in [1.165, 1.54) is 0 Å². The molecular weight excluding hydrogens is 383 g/mol. The van der Waals surface area contributed by atoms with Gasteiger partial charge in [0.2, 0.25) is 5.91 Å². The quantitative estimate of drug-likeness (QED) is 0.255. The lowest BCUT2D eigenvalue weighted by Crippen LogP contribution is -2.44. The monoisotopic (exact) mass is 414 g/mol. The number of amides is 1. The van der Waals surface area contributed by atoms with Crippen LogP contribution in [-0.2, 0) is 9.53 Å². The fourth-order valence-corrected chi connectivity index (χ4v) is 1.45. The maximum Gasteiger partial charge on any atom is 0.225 e. The zero-order valence-corrected chi connectivity index (χ0v) is 16.4. The van der Waals surface area contributed by atoms with Crippen molar-refractivity contribution in [2.75, 3.05) is 33.4 Å². The van der Waals surface area contributed by atoms with Gasteiger partial charge in [0, 0.05) is 31.7 Å². The highest BCUT2D eigenvalue weighted by atomic mass is 127. The molecule has 3 N–H and O–H groups in total. The summed E-state index contributed by atoms with van der Waals surface area (Å²) < 4.78 is 5.07. The van der Waals surface area contributed by atoms with Crippen molar-refractivity contribution in [2.45, 2.75) is 40.7 Å². The van der Waals surface area contributed by atoms with Crippen molar-refractivity contribution in [3.63, 3.8) is 0 Å². The Morgan fingerprint density at radius 3 is 2.38 bits per heavy atom. The summed E-state index contributed by atoms with van der Waals surface area (Å²) >= 11 is 0. The molecule has 0 aromatic carbocycles. The molecule has 126 valence electrons. The van der Waals surface area contributed by atoms with E-state index in [-0.39, 0.29) is 41.3 Å². The molecule has 0 rings (SSSR count). The summed E-state index contributed by atoms with van der Waals surface area (Å²) in [5.74, 6) is 0.778. The Balaban J connectivity index is 0. The number of ether oxygens (including phenoxy) is 1. The smallest absolute Gasteiger partial charge is 0.225 e. The van der Waals surface area contributed by atoms with Gasteiger partial charge >= 0.3 is 0 Å². The van der Waals surface area contributed by atoms with E-state index in [1.807, 2.05) is 34.6 Å². The molecule has 0 aliphatic heterocycles. The van der Waals surface area contributed by atoms with Crippen LogP contribution in [0.3, 0.4) is 0 Å². The highest BCUT2D eigenvalue weighted by Gasteiger charge is 2.20. The Bertz CT molecular complexity index is 317. The second-order valence-electron chi connectivity index (χ2n) is 5.77. The van der Waals surface area contributed by atoms with Crippen molar-refractivity contribution in [3.8, 4) is 0 Å². The van der Waals surface area contributed by atoms with E-state index >= 15 is 0 Å². The van der Waals surface area contributed by atoms with Crippen LogP contribution < -0.4 is 16.0 Å². The number of carbonyl (C=O) groups is 1. The maximum absolute atomic E-state index is 11.7. The number of nitrogens with zero attached hydrogens (tertiary/aromatic N) is 1. The van der Waals surface area contributed by atoms with Crippen LogP contribution in [0.2, 0.25) is 0 Å². The molecule has 0 spiro atoms. The van der Waals surface area contributed by atoms with Gasteiger partial charge in [-0.15, -0.1) is 24.0 Å². The fraction of sp³-hybridized carbons (Fsp3) is 0.857. The molecule has 21 heavy (non-hydrogen) atoms. The third-order valence-corrected chi connectivity index (χ3v) is 2.49. The van der Waals surface area contributed by atoms with Crippen LogP contribution in [0.25, 0.3) is 0 Å². The average Bonchev–Trinajstić information content (AvgIpc) is 2.33. The highest BCUT2D eigenvalue weighted by Crippen LogP contribution is 2.11. The normalized spacial score (nSPS) is 13.1. The minimum atomic E-state index is -0.362. The largest absolute Gasteiger partial charge is 0.383 e. The number of methoxy groups -OCH3 is 1. The molecular formula is C14H31IN4O2. The molecule has 0 aliphatic carbocycles. The predicted octanol–water partition coefficient (Wildman–Crippen LogP) is 1.36. The second kappa shape index (κ2) is 12.0. The van der Waals surface area contributed by atoms with E-state index in [0.29, 0.717) is 19.7 Å². The van der Waals surface area contributed by atoms with Gasteiger partial charge in [-0.25, -0.2) is 0 Å². The summed E-state index contributed by atoms with van der Waals surface area (Å²) in [6.07, 6.45) is 0. The Hall–Kier alpha value is -0.570. The molecule has 0 radical (unpaired) electrons.